The predicted octanol–water partition coefficient (Wildman–Crippen LogP) is 6.12. The van der Waals surface area contributed by atoms with Crippen molar-refractivity contribution in [1.29, 1.82) is 0 Å². The number of hydrogen-bond donors (Lipinski definition) is 1. The topological polar surface area (TPSA) is 138 Å². The molecule has 3 amide bonds. The smallest absolute Gasteiger partial charge is 0.285 e. The second-order valence-electron chi connectivity index (χ2n) is 21.2. The molecule has 1 unspecified atom stereocenters. The zero-order valence-electron chi connectivity index (χ0n) is 34.9. The average Bonchev–Trinajstić information content (AvgIpc) is 3.88. The van der Waals surface area contributed by atoms with E-state index in [4.69, 9.17) is 5.73 Å². The molecule has 2 N–H and O–H groups in total. The third kappa shape index (κ3) is 7.04. The molecule has 306 valence electrons. The van der Waals surface area contributed by atoms with Gasteiger partial charge in [0.25, 0.3) is 5.91 Å². The summed E-state index contributed by atoms with van der Waals surface area (Å²) < 4.78 is 0. The number of likely N-dealkylation sites (tertiary alicyclic amines) is 1. The van der Waals surface area contributed by atoms with Gasteiger partial charge >= 0.3 is 0 Å². The Morgan fingerprint density at radius 2 is 1.44 bits per heavy atom. The van der Waals surface area contributed by atoms with E-state index >= 15 is 4.79 Å². The van der Waals surface area contributed by atoms with Crippen molar-refractivity contribution >= 4 is 35.1 Å². The highest BCUT2D eigenvalue weighted by atomic mass is 16.2. The molecule has 0 radical (unpaired) electrons. The summed E-state index contributed by atoms with van der Waals surface area (Å²) in [5.41, 5.74) is 4.88. The number of likely N-dealkylation sites (N-methyl/N-ethyl adjacent to an activating group) is 1. The Morgan fingerprint density at radius 3 is 1.96 bits per heavy atom. The summed E-state index contributed by atoms with van der Waals surface area (Å²) in [6.45, 7) is 13.3. The maximum atomic E-state index is 15.1. The number of hydrogen-bond acceptors (Lipinski definition) is 7. The van der Waals surface area contributed by atoms with Gasteiger partial charge in [-0.25, -0.2) is 0 Å². The van der Waals surface area contributed by atoms with Gasteiger partial charge in [0.15, 0.2) is 5.78 Å². The van der Waals surface area contributed by atoms with Crippen molar-refractivity contribution in [3.05, 3.63) is 0 Å². The Morgan fingerprint density at radius 1 is 0.764 bits per heavy atom. The fourth-order valence-corrected chi connectivity index (χ4v) is 12.8. The van der Waals surface area contributed by atoms with Crippen LogP contribution < -0.4 is 5.73 Å². The average molecular weight is 763 g/mol. The van der Waals surface area contributed by atoms with Crippen molar-refractivity contribution in [3.8, 4) is 0 Å². The van der Waals surface area contributed by atoms with Gasteiger partial charge in [0.1, 0.15) is 5.78 Å². The van der Waals surface area contributed by atoms with Crippen LogP contribution in [-0.2, 0) is 28.8 Å². The number of amides is 3. The van der Waals surface area contributed by atoms with Gasteiger partial charge in [-0.05, 0) is 86.5 Å². The van der Waals surface area contributed by atoms with Crippen LogP contribution in [0.25, 0.3) is 0 Å². The van der Waals surface area contributed by atoms with Gasteiger partial charge in [0, 0.05) is 74.1 Å². The lowest BCUT2D eigenvalue weighted by Gasteiger charge is -2.42. The monoisotopic (exact) mass is 763 g/mol. The number of nitrogens with zero attached hydrogens (tertiary/aromatic N) is 3. The molecule has 7 fully saturated rings. The number of fused-ring (bicyclic) bond motifs is 1. The van der Waals surface area contributed by atoms with E-state index in [9.17, 15) is 24.0 Å². The Kier molecular flexibility index (Phi) is 10.8. The summed E-state index contributed by atoms with van der Waals surface area (Å²) in [6, 6.07) is -0.709. The molecule has 10 heteroatoms. The van der Waals surface area contributed by atoms with Crippen LogP contribution in [0.15, 0.2) is 0 Å². The summed E-state index contributed by atoms with van der Waals surface area (Å²) in [5.74, 6) is -3.25. The molecule has 7 aliphatic rings. The van der Waals surface area contributed by atoms with Crippen LogP contribution in [0.4, 0.5) is 0 Å². The van der Waals surface area contributed by atoms with Gasteiger partial charge < -0.3 is 15.5 Å². The highest BCUT2D eigenvalue weighted by Crippen LogP contribution is 2.88. The van der Waals surface area contributed by atoms with Gasteiger partial charge in [-0.2, -0.15) is 0 Å². The van der Waals surface area contributed by atoms with E-state index in [0.29, 0.717) is 31.8 Å². The normalized spacial score (nSPS) is 30.0. The number of rotatable bonds is 14. The first-order valence-electron chi connectivity index (χ1n) is 22.0. The van der Waals surface area contributed by atoms with Crippen molar-refractivity contribution in [1.82, 2.24) is 14.7 Å². The fraction of sp³-hybridized carbons (Fsp3) is 0.867. The Bertz CT molecular complexity index is 1560. The molecule has 0 aromatic carbocycles. The Balaban J connectivity index is 1.12. The predicted molar refractivity (Wildman–Crippen MR) is 210 cm³/mol. The Hall–Kier alpha value is -2.62. The lowest BCUT2D eigenvalue weighted by molar-refractivity contribution is -0.147. The van der Waals surface area contributed by atoms with Gasteiger partial charge in [0.2, 0.25) is 17.6 Å². The van der Waals surface area contributed by atoms with E-state index in [1.807, 2.05) is 25.7 Å². The first-order valence-corrected chi connectivity index (χ1v) is 22.0. The molecule has 0 aromatic heterocycles. The molecule has 10 nitrogen and oxygen atoms in total. The minimum atomic E-state index is -0.999. The first kappa shape index (κ1) is 40.6. The van der Waals surface area contributed by atoms with Crippen LogP contribution in [0.1, 0.15) is 150 Å². The third-order valence-electron chi connectivity index (χ3n) is 17.3. The fourth-order valence-electron chi connectivity index (χ4n) is 12.8. The number of ketones is 3. The van der Waals surface area contributed by atoms with E-state index in [0.717, 1.165) is 96.6 Å². The summed E-state index contributed by atoms with van der Waals surface area (Å²) >= 11 is 0. The number of nitrogens with two attached hydrogens (primary N) is 1. The second-order valence-corrected chi connectivity index (χ2v) is 21.2. The van der Waals surface area contributed by atoms with Crippen molar-refractivity contribution in [2.75, 3.05) is 33.2 Å². The molecule has 5 atom stereocenters. The molecule has 7 rings (SSSR count). The maximum absolute atomic E-state index is 15.1. The van der Waals surface area contributed by atoms with E-state index in [-0.39, 0.29) is 76.3 Å². The molecule has 0 bridgehead atoms. The van der Waals surface area contributed by atoms with E-state index < -0.39 is 35.0 Å². The summed E-state index contributed by atoms with van der Waals surface area (Å²) in [4.78, 5) is 89.9. The number of Topliss-reactive ketones (excluding diaryl/α,β-unsaturated/α-hetero) is 3. The lowest BCUT2D eigenvalue weighted by atomic mass is 9.73. The highest BCUT2D eigenvalue weighted by molar-refractivity contribution is 6.36. The molecule has 2 saturated heterocycles. The van der Waals surface area contributed by atoms with Crippen LogP contribution in [0, 0.1) is 51.2 Å². The molecule has 55 heavy (non-hydrogen) atoms. The number of primary amides is 1. The van der Waals surface area contributed by atoms with Crippen molar-refractivity contribution in [2.45, 2.75) is 162 Å². The third-order valence-corrected chi connectivity index (χ3v) is 17.3. The zero-order valence-corrected chi connectivity index (χ0v) is 34.9. The van der Waals surface area contributed by atoms with E-state index in [1.54, 1.807) is 4.90 Å². The molecule has 2 aliphatic heterocycles. The quantitative estimate of drug-likeness (QED) is 0.211. The van der Waals surface area contributed by atoms with Gasteiger partial charge in [-0.1, -0.05) is 79.6 Å². The standard InChI is InChI=1S/C45H70N4O6/c1-41(2,3)34(25-32(50)24-33(30-14-8-7-9-15-30)39(54)48-21-20-47(6)43(27-48)18-19-43)40(55)49-28-45(42(4,5)44(45)16-11-17-44)26-35(49)36(51)23-31(37(52)38(46)53)22-29-12-10-13-29/h29-31,33-35H,7-28H2,1-6H3,(H2,46,53)/t31?,33-,34+,35-,45+/m0/s1. The van der Waals surface area contributed by atoms with Crippen molar-refractivity contribution in [3.63, 3.8) is 0 Å². The number of piperazine rings is 1. The molecular weight excluding hydrogens is 693 g/mol. The van der Waals surface area contributed by atoms with Crippen LogP contribution in [0.3, 0.4) is 0 Å². The summed E-state index contributed by atoms with van der Waals surface area (Å²) in [5, 5.41) is 0. The first-order chi connectivity index (χ1) is 25.9. The minimum Gasteiger partial charge on any atom is -0.363 e. The SMILES string of the molecule is CN1CCN(C(=O)[C@@H](CC(=O)C[C@H](C(=O)N2C[C@]3(C[C@H]2C(=O)CC(CC2CCC2)C(=O)C(N)=O)C(C)(C)C32CCC2)C(C)(C)C)C2CCCCC2)CC12CC2. The molecular formula is C45H70N4O6. The summed E-state index contributed by atoms with van der Waals surface area (Å²) in [6.07, 6.45) is 14.9. The van der Waals surface area contributed by atoms with Crippen molar-refractivity contribution in [2.24, 2.45) is 57.0 Å². The van der Waals surface area contributed by atoms with Gasteiger partial charge in [-0.15, -0.1) is 0 Å². The minimum absolute atomic E-state index is 0.0366. The molecule has 5 aliphatic carbocycles. The molecule has 3 spiro atoms. The van der Waals surface area contributed by atoms with E-state index in [2.05, 4.69) is 25.8 Å². The van der Waals surface area contributed by atoms with Crippen LogP contribution in [0.2, 0.25) is 0 Å². The molecule has 0 aromatic rings. The largest absolute Gasteiger partial charge is 0.363 e. The van der Waals surface area contributed by atoms with Crippen LogP contribution >= 0.6 is 0 Å². The maximum Gasteiger partial charge on any atom is 0.285 e. The highest BCUT2D eigenvalue weighted by Gasteiger charge is 2.85. The van der Waals surface area contributed by atoms with Crippen LogP contribution in [0.5, 0.6) is 0 Å². The summed E-state index contributed by atoms with van der Waals surface area (Å²) in [7, 11) is 2.16. The van der Waals surface area contributed by atoms with Crippen molar-refractivity contribution < 1.29 is 28.8 Å². The van der Waals surface area contributed by atoms with Crippen LogP contribution in [-0.4, -0.2) is 94.6 Å². The number of carbonyl (C=O) groups is 6. The Labute approximate surface area is 329 Å². The van der Waals surface area contributed by atoms with Gasteiger partial charge in [0.05, 0.1) is 6.04 Å². The second kappa shape index (κ2) is 14.6. The number of carbonyl (C=O) groups excluding carboxylic acids is 6. The van der Waals surface area contributed by atoms with Gasteiger partial charge in [-0.3, -0.25) is 33.7 Å². The zero-order chi connectivity index (χ0) is 39.7. The molecule has 5 saturated carbocycles. The van der Waals surface area contributed by atoms with E-state index in [1.165, 1.54) is 0 Å². The lowest BCUT2D eigenvalue weighted by Crippen LogP contribution is -2.56. The molecule has 2 heterocycles.